The number of benzene rings is 1. The van der Waals surface area contributed by atoms with Crippen LogP contribution in [0.4, 0.5) is 0 Å². The van der Waals surface area contributed by atoms with Gasteiger partial charge in [0, 0.05) is 4.47 Å². The summed E-state index contributed by atoms with van der Waals surface area (Å²) in [7, 11) is 0. The van der Waals surface area contributed by atoms with Crippen molar-refractivity contribution in [2.75, 3.05) is 0 Å². The Morgan fingerprint density at radius 1 is 1.22 bits per heavy atom. The normalized spacial score (nSPS) is 17.6. The van der Waals surface area contributed by atoms with Gasteiger partial charge in [0.15, 0.2) is 0 Å². The summed E-state index contributed by atoms with van der Waals surface area (Å²) in [5.74, 6) is 0.703. The van der Waals surface area contributed by atoms with Gasteiger partial charge in [-0.2, -0.15) is 0 Å². The fraction of sp³-hybridized carbons (Fsp3) is 0.529. The molecule has 0 nitrogen and oxygen atoms in total. The highest BCUT2D eigenvalue weighted by atomic mass is 79.9. The van der Waals surface area contributed by atoms with Crippen molar-refractivity contribution in [3.63, 3.8) is 0 Å². The van der Waals surface area contributed by atoms with Crippen molar-refractivity contribution in [1.82, 2.24) is 0 Å². The predicted molar refractivity (Wildman–Crippen MR) is 83.8 cm³/mol. The van der Waals surface area contributed by atoms with Gasteiger partial charge in [-0.25, -0.2) is 0 Å². The van der Waals surface area contributed by atoms with Gasteiger partial charge in [-0.05, 0) is 59.4 Å². The van der Waals surface area contributed by atoms with Gasteiger partial charge in [-0.15, -0.1) is 0 Å². The van der Waals surface area contributed by atoms with Crippen LogP contribution in [-0.4, -0.2) is 0 Å². The fourth-order valence-electron chi connectivity index (χ4n) is 3.05. The van der Waals surface area contributed by atoms with Crippen LogP contribution in [0.15, 0.2) is 28.7 Å². The minimum Gasteiger partial charge on any atom is -0.0796 e. The van der Waals surface area contributed by atoms with Crippen molar-refractivity contribution in [2.24, 2.45) is 5.92 Å². The van der Waals surface area contributed by atoms with E-state index in [9.17, 15) is 0 Å². The third-order valence-electron chi connectivity index (χ3n) is 4.28. The van der Waals surface area contributed by atoms with Crippen LogP contribution in [0.1, 0.15) is 58.1 Å². The minimum atomic E-state index is 0.269. The van der Waals surface area contributed by atoms with Gasteiger partial charge in [0.25, 0.3) is 0 Å². The topological polar surface area (TPSA) is 0 Å². The summed E-state index contributed by atoms with van der Waals surface area (Å²) >= 11 is 3.62. The molecule has 0 bridgehead atoms. The van der Waals surface area contributed by atoms with Crippen molar-refractivity contribution in [2.45, 2.75) is 52.4 Å². The van der Waals surface area contributed by atoms with E-state index in [2.05, 4.69) is 67.9 Å². The Labute approximate surface area is 120 Å². The molecule has 0 radical (unpaired) electrons. The molecule has 0 saturated carbocycles. The van der Waals surface area contributed by atoms with E-state index in [-0.39, 0.29) is 5.41 Å². The summed E-state index contributed by atoms with van der Waals surface area (Å²) in [6.07, 6.45) is 6.10. The van der Waals surface area contributed by atoms with Crippen molar-refractivity contribution in [1.29, 1.82) is 0 Å². The molecule has 1 aliphatic carbocycles. The highest BCUT2D eigenvalue weighted by Crippen LogP contribution is 2.43. The van der Waals surface area contributed by atoms with Gasteiger partial charge in [-0.1, -0.05) is 55.8 Å². The van der Waals surface area contributed by atoms with Crippen molar-refractivity contribution in [3.05, 3.63) is 39.9 Å². The summed E-state index contributed by atoms with van der Waals surface area (Å²) in [5, 5.41) is 0. The second-order valence-corrected chi connectivity index (χ2v) is 6.87. The molecule has 1 aromatic carbocycles. The first-order chi connectivity index (χ1) is 8.49. The molecule has 1 aliphatic rings. The van der Waals surface area contributed by atoms with Crippen molar-refractivity contribution >= 4 is 21.5 Å². The van der Waals surface area contributed by atoms with Gasteiger partial charge < -0.3 is 0 Å². The maximum Gasteiger partial charge on any atom is 0.0181 e. The average Bonchev–Trinajstić information content (AvgIpc) is 2.33. The van der Waals surface area contributed by atoms with E-state index in [4.69, 9.17) is 0 Å². The number of fused-ring (bicyclic) bond motifs is 1. The van der Waals surface area contributed by atoms with Crippen LogP contribution < -0.4 is 0 Å². The van der Waals surface area contributed by atoms with E-state index in [1.165, 1.54) is 28.4 Å². The van der Waals surface area contributed by atoms with E-state index in [1.54, 1.807) is 5.57 Å². The SMILES string of the molecule is CCC(CC)C1=CCC(C)(C)c2ccc(Br)cc21. The van der Waals surface area contributed by atoms with Gasteiger partial charge in [0.05, 0.1) is 0 Å². The molecular formula is C17H23Br. The summed E-state index contributed by atoms with van der Waals surface area (Å²) in [5.41, 5.74) is 4.81. The number of allylic oxidation sites excluding steroid dienone is 2. The Bertz CT molecular complexity index is 464. The quantitative estimate of drug-likeness (QED) is 0.647. The maximum atomic E-state index is 3.62. The second-order valence-electron chi connectivity index (χ2n) is 5.95. The Kier molecular flexibility index (Phi) is 4.01. The maximum absolute atomic E-state index is 3.62. The Balaban J connectivity index is 2.54. The summed E-state index contributed by atoms with van der Waals surface area (Å²) in [6.45, 7) is 9.29. The number of hydrogen-bond acceptors (Lipinski definition) is 0. The molecule has 0 N–H and O–H groups in total. The highest BCUT2D eigenvalue weighted by Gasteiger charge is 2.29. The summed E-state index contributed by atoms with van der Waals surface area (Å²) in [6, 6.07) is 6.78. The fourth-order valence-corrected chi connectivity index (χ4v) is 3.41. The van der Waals surface area contributed by atoms with E-state index in [0.717, 1.165) is 6.42 Å². The van der Waals surface area contributed by atoms with Crippen LogP contribution >= 0.6 is 15.9 Å². The van der Waals surface area contributed by atoms with Crippen LogP contribution in [0.5, 0.6) is 0 Å². The van der Waals surface area contributed by atoms with Crippen molar-refractivity contribution in [3.8, 4) is 0 Å². The molecular weight excluding hydrogens is 284 g/mol. The molecule has 2 rings (SSSR count). The van der Waals surface area contributed by atoms with E-state index < -0.39 is 0 Å². The van der Waals surface area contributed by atoms with E-state index in [0.29, 0.717) is 5.92 Å². The molecule has 0 amide bonds. The zero-order valence-electron chi connectivity index (χ0n) is 11.9. The summed E-state index contributed by atoms with van der Waals surface area (Å²) in [4.78, 5) is 0. The lowest BCUT2D eigenvalue weighted by molar-refractivity contribution is 0.516. The van der Waals surface area contributed by atoms with Crippen LogP contribution in [0.3, 0.4) is 0 Å². The van der Waals surface area contributed by atoms with Gasteiger partial charge >= 0.3 is 0 Å². The average molecular weight is 307 g/mol. The first-order valence-electron chi connectivity index (χ1n) is 7.00. The van der Waals surface area contributed by atoms with Crippen LogP contribution in [0.25, 0.3) is 5.57 Å². The van der Waals surface area contributed by atoms with Crippen LogP contribution in [-0.2, 0) is 5.41 Å². The first kappa shape index (κ1) is 13.9. The van der Waals surface area contributed by atoms with Gasteiger partial charge in [0.2, 0.25) is 0 Å². The van der Waals surface area contributed by atoms with E-state index in [1.807, 2.05) is 0 Å². The molecule has 0 heterocycles. The lowest BCUT2D eigenvalue weighted by Crippen LogP contribution is -2.23. The molecule has 1 aromatic rings. The third kappa shape index (κ3) is 2.42. The Morgan fingerprint density at radius 3 is 2.50 bits per heavy atom. The molecule has 0 fully saturated rings. The summed E-state index contributed by atoms with van der Waals surface area (Å²) < 4.78 is 1.19. The number of hydrogen-bond donors (Lipinski definition) is 0. The zero-order valence-corrected chi connectivity index (χ0v) is 13.5. The van der Waals surface area contributed by atoms with Crippen LogP contribution in [0.2, 0.25) is 0 Å². The minimum absolute atomic E-state index is 0.269. The molecule has 98 valence electrons. The number of halogens is 1. The predicted octanol–water partition coefficient (Wildman–Crippen LogP) is 5.95. The van der Waals surface area contributed by atoms with Crippen LogP contribution in [0, 0.1) is 5.92 Å². The molecule has 0 saturated heterocycles. The molecule has 0 spiro atoms. The second kappa shape index (κ2) is 5.21. The van der Waals surface area contributed by atoms with E-state index >= 15 is 0 Å². The Morgan fingerprint density at radius 2 is 1.89 bits per heavy atom. The monoisotopic (exact) mass is 306 g/mol. The van der Waals surface area contributed by atoms with Gasteiger partial charge in [-0.3, -0.25) is 0 Å². The van der Waals surface area contributed by atoms with Gasteiger partial charge in [0.1, 0.15) is 0 Å². The molecule has 1 heteroatoms. The highest BCUT2D eigenvalue weighted by molar-refractivity contribution is 9.10. The molecule has 0 aliphatic heterocycles. The smallest absolute Gasteiger partial charge is 0.0181 e. The lowest BCUT2D eigenvalue weighted by Gasteiger charge is -2.34. The zero-order chi connectivity index (χ0) is 13.3. The molecule has 0 aromatic heterocycles. The Hall–Kier alpha value is -0.560. The first-order valence-corrected chi connectivity index (χ1v) is 7.79. The standard InChI is InChI=1S/C17H23Br/c1-5-12(6-2)14-9-10-17(3,4)16-8-7-13(18)11-15(14)16/h7-9,11-12H,5-6,10H2,1-4H3. The lowest BCUT2D eigenvalue weighted by atomic mass is 9.70. The van der Waals surface area contributed by atoms with Crippen molar-refractivity contribution < 1.29 is 0 Å². The molecule has 0 unspecified atom stereocenters. The largest absolute Gasteiger partial charge is 0.0796 e. The third-order valence-corrected chi connectivity index (χ3v) is 4.77. The molecule has 0 atom stereocenters. The molecule has 18 heavy (non-hydrogen) atoms. The number of rotatable bonds is 3.